The lowest BCUT2D eigenvalue weighted by molar-refractivity contribution is -0.117. The molecule has 0 radical (unpaired) electrons. The summed E-state index contributed by atoms with van der Waals surface area (Å²) in [5.41, 5.74) is 10.3. The second-order valence-electron chi connectivity index (χ2n) is 2.96. The van der Waals surface area contributed by atoms with E-state index in [1.165, 1.54) is 6.92 Å². The van der Waals surface area contributed by atoms with Crippen molar-refractivity contribution >= 4 is 11.8 Å². The van der Waals surface area contributed by atoms with Crippen LogP contribution in [0.4, 0.5) is 0 Å². The Morgan fingerprint density at radius 1 is 1.47 bits per heavy atom. The average molecular weight is 207 g/mol. The Labute approximate surface area is 85.4 Å². The van der Waals surface area contributed by atoms with E-state index in [1.54, 1.807) is 6.07 Å². The van der Waals surface area contributed by atoms with Crippen molar-refractivity contribution in [2.24, 2.45) is 11.5 Å². The van der Waals surface area contributed by atoms with Crippen molar-refractivity contribution in [2.75, 3.05) is 0 Å². The van der Waals surface area contributed by atoms with E-state index in [4.69, 9.17) is 21.1 Å². The number of hydrogen-bond acceptors (Lipinski definition) is 4. The fourth-order valence-electron chi connectivity index (χ4n) is 1.31. The molecule has 0 fully saturated rings. The number of carbonyl (C=O) groups is 2. The molecule has 2 amide bonds. The lowest BCUT2D eigenvalue weighted by Crippen LogP contribution is -2.19. The van der Waals surface area contributed by atoms with E-state index < -0.39 is 11.8 Å². The quantitative estimate of drug-likeness (QED) is 0.698. The number of amides is 2. The zero-order valence-electron chi connectivity index (χ0n) is 8.03. The molecule has 0 aliphatic heterocycles. The largest absolute Gasteiger partial charge is 0.450 e. The first-order valence-corrected chi connectivity index (χ1v) is 4.07. The van der Waals surface area contributed by atoms with Gasteiger partial charge in [-0.25, -0.2) is 0 Å². The Morgan fingerprint density at radius 2 is 2.07 bits per heavy atom. The number of nitrogens with zero attached hydrogens (tertiary/aromatic N) is 1. The second-order valence-corrected chi connectivity index (χ2v) is 2.96. The van der Waals surface area contributed by atoms with Crippen LogP contribution in [-0.2, 0) is 11.2 Å². The van der Waals surface area contributed by atoms with Crippen LogP contribution in [-0.4, -0.2) is 11.8 Å². The third-order valence-corrected chi connectivity index (χ3v) is 1.91. The molecule has 1 aromatic heterocycles. The molecule has 15 heavy (non-hydrogen) atoms. The SMILES string of the molecule is Cc1oc(C#N)c(C(N)=O)c1CC(N)=O. The maximum atomic E-state index is 11.1. The van der Waals surface area contributed by atoms with Gasteiger partial charge in [-0.2, -0.15) is 5.26 Å². The van der Waals surface area contributed by atoms with E-state index in [1.807, 2.05) is 0 Å². The Morgan fingerprint density at radius 3 is 2.47 bits per heavy atom. The molecular formula is C9H9N3O3. The molecule has 0 unspecified atom stereocenters. The summed E-state index contributed by atoms with van der Waals surface area (Å²) in [6.07, 6.45) is -0.171. The first-order chi connectivity index (χ1) is 6.97. The number of rotatable bonds is 3. The van der Waals surface area contributed by atoms with Crippen LogP contribution in [0.25, 0.3) is 0 Å². The Hall–Kier alpha value is -2.29. The van der Waals surface area contributed by atoms with Crippen molar-refractivity contribution in [3.63, 3.8) is 0 Å². The minimum absolute atomic E-state index is 0.0613. The Balaban J connectivity index is 3.36. The number of nitrogens with two attached hydrogens (primary N) is 2. The summed E-state index contributed by atoms with van der Waals surface area (Å²) in [6, 6.07) is 1.69. The molecule has 0 bridgehead atoms. The molecule has 4 N–H and O–H groups in total. The van der Waals surface area contributed by atoms with Gasteiger partial charge in [0.05, 0.1) is 12.0 Å². The fourth-order valence-corrected chi connectivity index (χ4v) is 1.31. The standard InChI is InChI=1S/C9H9N3O3/c1-4-5(2-7(11)13)8(9(12)14)6(3-10)15-4/h2H2,1H3,(H2,11,13)(H2,12,14). The summed E-state index contributed by atoms with van der Waals surface area (Å²) in [5.74, 6) is -1.30. The molecule has 0 saturated carbocycles. The molecule has 6 nitrogen and oxygen atoms in total. The van der Waals surface area contributed by atoms with E-state index in [-0.39, 0.29) is 23.3 Å². The van der Waals surface area contributed by atoms with E-state index in [0.29, 0.717) is 5.76 Å². The highest BCUT2D eigenvalue weighted by Crippen LogP contribution is 2.21. The highest BCUT2D eigenvalue weighted by molar-refractivity contribution is 5.97. The summed E-state index contributed by atoms with van der Waals surface area (Å²) in [5, 5.41) is 8.67. The third-order valence-electron chi connectivity index (χ3n) is 1.91. The summed E-state index contributed by atoms with van der Waals surface area (Å²) in [6.45, 7) is 1.53. The van der Waals surface area contributed by atoms with E-state index in [2.05, 4.69) is 0 Å². The Bertz CT molecular complexity index is 468. The van der Waals surface area contributed by atoms with Crippen LogP contribution in [0.1, 0.15) is 27.4 Å². The van der Waals surface area contributed by atoms with E-state index in [9.17, 15) is 9.59 Å². The van der Waals surface area contributed by atoms with Crippen molar-refractivity contribution in [1.29, 1.82) is 5.26 Å². The molecule has 1 rings (SSSR count). The zero-order valence-corrected chi connectivity index (χ0v) is 8.03. The van der Waals surface area contributed by atoms with Crippen LogP contribution in [0.3, 0.4) is 0 Å². The summed E-state index contributed by atoms with van der Waals surface area (Å²) < 4.78 is 4.99. The van der Waals surface area contributed by atoms with Gasteiger partial charge in [0, 0.05) is 5.56 Å². The molecule has 0 saturated heterocycles. The smallest absolute Gasteiger partial charge is 0.253 e. The Kier molecular flexibility index (Phi) is 2.76. The average Bonchev–Trinajstić information content (AvgIpc) is 2.42. The van der Waals surface area contributed by atoms with Crippen molar-refractivity contribution < 1.29 is 14.0 Å². The van der Waals surface area contributed by atoms with Gasteiger partial charge in [0.2, 0.25) is 11.7 Å². The van der Waals surface area contributed by atoms with Crippen molar-refractivity contribution in [3.8, 4) is 6.07 Å². The predicted molar refractivity (Wildman–Crippen MR) is 49.6 cm³/mol. The summed E-state index contributed by atoms with van der Waals surface area (Å²) >= 11 is 0. The number of nitriles is 1. The molecule has 0 atom stereocenters. The van der Waals surface area contributed by atoms with Gasteiger partial charge in [0.15, 0.2) is 0 Å². The minimum atomic E-state index is -0.806. The van der Waals surface area contributed by atoms with Gasteiger partial charge in [-0.3, -0.25) is 9.59 Å². The van der Waals surface area contributed by atoms with Crippen LogP contribution < -0.4 is 11.5 Å². The zero-order chi connectivity index (χ0) is 11.6. The lowest BCUT2D eigenvalue weighted by Gasteiger charge is -1.97. The van der Waals surface area contributed by atoms with Crippen LogP contribution in [0, 0.1) is 18.3 Å². The molecule has 1 heterocycles. The topological polar surface area (TPSA) is 123 Å². The van der Waals surface area contributed by atoms with Gasteiger partial charge in [-0.15, -0.1) is 0 Å². The highest BCUT2D eigenvalue weighted by atomic mass is 16.3. The first kappa shape index (κ1) is 10.8. The van der Waals surface area contributed by atoms with Gasteiger partial charge in [0.25, 0.3) is 5.91 Å². The minimum Gasteiger partial charge on any atom is -0.450 e. The molecule has 0 aromatic carbocycles. The second kappa shape index (κ2) is 3.84. The third kappa shape index (κ3) is 1.96. The molecular weight excluding hydrogens is 198 g/mol. The number of carbonyl (C=O) groups excluding carboxylic acids is 2. The van der Waals surface area contributed by atoms with Crippen LogP contribution in [0.2, 0.25) is 0 Å². The number of hydrogen-bond donors (Lipinski definition) is 2. The normalized spacial score (nSPS) is 9.60. The maximum Gasteiger partial charge on any atom is 0.253 e. The molecule has 1 aromatic rings. The van der Waals surface area contributed by atoms with Gasteiger partial charge >= 0.3 is 0 Å². The van der Waals surface area contributed by atoms with Gasteiger partial charge in [-0.1, -0.05) is 0 Å². The van der Waals surface area contributed by atoms with Crippen LogP contribution in [0.5, 0.6) is 0 Å². The first-order valence-electron chi connectivity index (χ1n) is 4.07. The number of aryl methyl sites for hydroxylation is 1. The fraction of sp³-hybridized carbons (Fsp3) is 0.222. The van der Waals surface area contributed by atoms with Gasteiger partial charge < -0.3 is 15.9 Å². The molecule has 0 aliphatic carbocycles. The van der Waals surface area contributed by atoms with E-state index in [0.717, 1.165) is 0 Å². The van der Waals surface area contributed by atoms with Crippen LogP contribution >= 0.6 is 0 Å². The maximum absolute atomic E-state index is 11.1. The monoisotopic (exact) mass is 207 g/mol. The lowest BCUT2D eigenvalue weighted by atomic mass is 10.1. The van der Waals surface area contributed by atoms with Crippen molar-refractivity contribution in [2.45, 2.75) is 13.3 Å². The highest BCUT2D eigenvalue weighted by Gasteiger charge is 2.22. The summed E-state index contributed by atoms with van der Waals surface area (Å²) in [7, 11) is 0. The summed E-state index contributed by atoms with van der Waals surface area (Å²) in [4.78, 5) is 21.8. The predicted octanol–water partition coefficient (Wildman–Crippen LogP) is -0.414. The molecule has 0 spiro atoms. The number of primary amides is 2. The van der Waals surface area contributed by atoms with Crippen molar-refractivity contribution in [1.82, 2.24) is 0 Å². The van der Waals surface area contributed by atoms with Crippen molar-refractivity contribution in [3.05, 3.63) is 22.6 Å². The molecule has 0 aliphatic rings. The van der Waals surface area contributed by atoms with Gasteiger partial charge in [-0.05, 0) is 6.92 Å². The molecule has 6 heteroatoms. The molecule has 78 valence electrons. The van der Waals surface area contributed by atoms with E-state index >= 15 is 0 Å². The van der Waals surface area contributed by atoms with Crippen LogP contribution in [0.15, 0.2) is 4.42 Å². The number of furan rings is 1. The van der Waals surface area contributed by atoms with Gasteiger partial charge in [0.1, 0.15) is 11.8 Å².